The number of rotatable bonds is 2. The minimum Gasteiger partial charge on any atom is -0.271 e. The fourth-order valence-corrected chi connectivity index (χ4v) is 1.32. The van der Waals surface area contributed by atoms with Crippen molar-refractivity contribution in [2.45, 2.75) is 13.0 Å². The van der Waals surface area contributed by atoms with Crippen molar-refractivity contribution in [2.24, 2.45) is 5.84 Å². The van der Waals surface area contributed by atoms with E-state index in [0.717, 1.165) is 4.47 Å². The maximum atomic E-state index is 13.1. The van der Waals surface area contributed by atoms with Crippen LogP contribution in [0.3, 0.4) is 0 Å². The Kier molecular flexibility index (Phi) is 3.20. The number of benzene rings is 1. The Bertz CT molecular complexity index is 278. The molecule has 0 saturated heterocycles. The van der Waals surface area contributed by atoms with E-state index in [1.54, 1.807) is 19.1 Å². The third-order valence-electron chi connectivity index (χ3n) is 1.67. The van der Waals surface area contributed by atoms with Crippen LogP contribution in [0.4, 0.5) is 4.39 Å². The van der Waals surface area contributed by atoms with Gasteiger partial charge in [-0.3, -0.25) is 11.3 Å². The van der Waals surface area contributed by atoms with Crippen LogP contribution in [0.1, 0.15) is 18.5 Å². The summed E-state index contributed by atoms with van der Waals surface area (Å²) in [5.74, 6) is 4.94. The summed E-state index contributed by atoms with van der Waals surface area (Å²) < 4.78 is 13.9. The van der Waals surface area contributed by atoms with Crippen LogP contribution in [0.5, 0.6) is 0 Å². The number of hydrogen-bond donors (Lipinski definition) is 2. The molecule has 4 heteroatoms. The van der Waals surface area contributed by atoms with Crippen molar-refractivity contribution in [1.82, 2.24) is 5.43 Å². The summed E-state index contributed by atoms with van der Waals surface area (Å²) in [5.41, 5.74) is 3.05. The fraction of sp³-hybridized carbons (Fsp3) is 0.250. The number of nitrogens with two attached hydrogens (primary N) is 1. The van der Waals surface area contributed by atoms with Crippen LogP contribution in [0.15, 0.2) is 22.7 Å². The molecule has 1 aromatic carbocycles. The smallest absolute Gasteiger partial charge is 0.128 e. The largest absolute Gasteiger partial charge is 0.271 e. The van der Waals surface area contributed by atoms with Gasteiger partial charge >= 0.3 is 0 Å². The molecule has 0 aromatic heterocycles. The van der Waals surface area contributed by atoms with Crippen LogP contribution >= 0.6 is 15.9 Å². The molecule has 0 saturated carbocycles. The maximum absolute atomic E-state index is 13.1. The van der Waals surface area contributed by atoms with Gasteiger partial charge in [0.1, 0.15) is 5.82 Å². The van der Waals surface area contributed by atoms with Crippen LogP contribution in [-0.2, 0) is 0 Å². The zero-order valence-corrected chi connectivity index (χ0v) is 8.23. The van der Waals surface area contributed by atoms with E-state index in [-0.39, 0.29) is 11.9 Å². The SMILES string of the molecule is CC(NN)c1cc(Br)ccc1F. The number of hydrogen-bond acceptors (Lipinski definition) is 2. The summed E-state index contributed by atoms with van der Waals surface area (Å²) in [6, 6.07) is 4.59. The predicted molar refractivity (Wildman–Crippen MR) is 49.8 cm³/mol. The fourth-order valence-electron chi connectivity index (χ4n) is 0.936. The molecule has 0 bridgehead atoms. The lowest BCUT2D eigenvalue weighted by atomic mass is 10.1. The molecule has 1 aromatic rings. The van der Waals surface area contributed by atoms with Crippen LogP contribution in [0.2, 0.25) is 0 Å². The molecule has 0 aliphatic heterocycles. The molecule has 0 aliphatic rings. The lowest BCUT2D eigenvalue weighted by Crippen LogP contribution is -2.26. The molecular weight excluding hydrogens is 223 g/mol. The van der Waals surface area contributed by atoms with E-state index in [2.05, 4.69) is 21.4 Å². The van der Waals surface area contributed by atoms with Gasteiger partial charge in [-0.05, 0) is 25.1 Å². The van der Waals surface area contributed by atoms with Gasteiger partial charge in [-0.25, -0.2) is 4.39 Å². The summed E-state index contributed by atoms with van der Waals surface area (Å²) in [7, 11) is 0. The first-order valence-corrected chi connectivity index (χ1v) is 4.35. The highest BCUT2D eigenvalue weighted by Gasteiger charge is 2.08. The first-order chi connectivity index (χ1) is 5.65. The van der Waals surface area contributed by atoms with Crippen molar-refractivity contribution >= 4 is 15.9 Å². The molecule has 0 spiro atoms. The van der Waals surface area contributed by atoms with Gasteiger partial charge in [0.2, 0.25) is 0 Å². The number of halogens is 2. The summed E-state index contributed by atoms with van der Waals surface area (Å²) in [5, 5.41) is 0. The van der Waals surface area contributed by atoms with E-state index in [1.807, 2.05) is 0 Å². The van der Waals surface area contributed by atoms with E-state index in [0.29, 0.717) is 5.56 Å². The van der Waals surface area contributed by atoms with Crippen LogP contribution in [0, 0.1) is 5.82 Å². The van der Waals surface area contributed by atoms with E-state index in [9.17, 15) is 4.39 Å². The second-order valence-corrected chi connectivity index (χ2v) is 3.47. The lowest BCUT2D eigenvalue weighted by Gasteiger charge is -2.11. The maximum Gasteiger partial charge on any atom is 0.128 e. The first kappa shape index (κ1) is 9.64. The topological polar surface area (TPSA) is 38.0 Å². The van der Waals surface area contributed by atoms with Crippen LogP contribution < -0.4 is 11.3 Å². The van der Waals surface area contributed by atoms with Gasteiger partial charge in [-0.1, -0.05) is 15.9 Å². The zero-order valence-electron chi connectivity index (χ0n) is 6.64. The normalized spacial score (nSPS) is 13.0. The summed E-state index contributed by atoms with van der Waals surface area (Å²) in [6.45, 7) is 1.80. The summed E-state index contributed by atoms with van der Waals surface area (Å²) in [4.78, 5) is 0. The van der Waals surface area contributed by atoms with Crippen molar-refractivity contribution in [3.8, 4) is 0 Å². The molecule has 66 valence electrons. The second-order valence-electron chi connectivity index (χ2n) is 2.55. The van der Waals surface area contributed by atoms with Crippen molar-refractivity contribution in [3.05, 3.63) is 34.1 Å². The Morgan fingerprint density at radius 3 is 2.83 bits per heavy atom. The van der Waals surface area contributed by atoms with E-state index >= 15 is 0 Å². The highest BCUT2D eigenvalue weighted by Crippen LogP contribution is 2.20. The quantitative estimate of drug-likeness (QED) is 0.606. The third kappa shape index (κ3) is 2.03. The molecule has 0 heterocycles. The highest BCUT2D eigenvalue weighted by molar-refractivity contribution is 9.10. The molecule has 1 rings (SSSR count). The number of nitrogens with one attached hydrogen (secondary N) is 1. The monoisotopic (exact) mass is 232 g/mol. The number of hydrazine groups is 1. The molecule has 2 nitrogen and oxygen atoms in total. The average molecular weight is 233 g/mol. The average Bonchev–Trinajstić information content (AvgIpc) is 2.08. The minimum atomic E-state index is -0.247. The van der Waals surface area contributed by atoms with Gasteiger partial charge in [0.15, 0.2) is 0 Å². The Morgan fingerprint density at radius 2 is 2.25 bits per heavy atom. The summed E-state index contributed by atoms with van der Waals surface area (Å²) in [6.07, 6.45) is 0. The van der Waals surface area contributed by atoms with Gasteiger partial charge in [0, 0.05) is 16.1 Å². The molecule has 12 heavy (non-hydrogen) atoms. The third-order valence-corrected chi connectivity index (χ3v) is 2.17. The van der Waals surface area contributed by atoms with Crippen LogP contribution in [-0.4, -0.2) is 0 Å². The summed E-state index contributed by atoms with van der Waals surface area (Å²) >= 11 is 3.26. The Hall–Kier alpha value is -0.450. The van der Waals surface area contributed by atoms with Crippen molar-refractivity contribution in [2.75, 3.05) is 0 Å². The molecule has 0 fully saturated rings. The van der Waals surface area contributed by atoms with Gasteiger partial charge in [-0.2, -0.15) is 0 Å². The van der Waals surface area contributed by atoms with E-state index in [4.69, 9.17) is 5.84 Å². The molecule has 1 atom stereocenters. The molecule has 1 unspecified atom stereocenters. The van der Waals surface area contributed by atoms with Gasteiger partial charge in [0.05, 0.1) is 0 Å². The van der Waals surface area contributed by atoms with Gasteiger partial charge in [0.25, 0.3) is 0 Å². The van der Waals surface area contributed by atoms with E-state index < -0.39 is 0 Å². The molecule has 0 amide bonds. The molecule has 3 N–H and O–H groups in total. The predicted octanol–water partition coefficient (Wildman–Crippen LogP) is 2.11. The standard InChI is InChI=1S/C8H10BrFN2/c1-5(12-11)7-4-6(9)2-3-8(7)10/h2-5,12H,11H2,1H3. The Morgan fingerprint density at radius 1 is 1.58 bits per heavy atom. The zero-order chi connectivity index (χ0) is 9.14. The van der Waals surface area contributed by atoms with Gasteiger partial charge < -0.3 is 0 Å². The Labute approximate surface area is 79.1 Å². The first-order valence-electron chi connectivity index (χ1n) is 3.56. The molecule has 0 aliphatic carbocycles. The molecular formula is C8H10BrFN2. The lowest BCUT2D eigenvalue weighted by molar-refractivity contribution is 0.541. The van der Waals surface area contributed by atoms with Crippen LogP contribution in [0.25, 0.3) is 0 Å². The Balaban J connectivity index is 3.04. The van der Waals surface area contributed by atoms with E-state index in [1.165, 1.54) is 6.07 Å². The van der Waals surface area contributed by atoms with Crippen molar-refractivity contribution in [1.29, 1.82) is 0 Å². The highest BCUT2D eigenvalue weighted by atomic mass is 79.9. The molecule has 0 radical (unpaired) electrons. The van der Waals surface area contributed by atoms with Crippen molar-refractivity contribution < 1.29 is 4.39 Å². The second kappa shape index (κ2) is 3.98. The van der Waals surface area contributed by atoms with Crippen molar-refractivity contribution in [3.63, 3.8) is 0 Å². The van der Waals surface area contributed by atoms with Gasteiger partial charge in [-0.15, -0.1) is 0 Å². The minimum absolute atomic E-state index is 0.178.